The first-order chi connectivity index (χ1) is 6.54. The molecule has 14 heavy (non-hydrogen) atoms. The van der Waals surface area contributed by atoms with Crippen LogP contribution in [-0.2, 0) is 10.0 Å². The highest BCUT2D eigenvalue weighted by atomic mass is 35.5. The normalized spacial score (nSPS) is 19.6. The third-order valence-corrected chi connectivity index (χ3v) is 4.65. The Balaban J connectivity index is 2.29. The molecule has 0 heterocycles. The maximum atomic E-state index is 11.4. The van der Waals surface area contributed by atoms with E-state index in [9.17, 15) is 8.42 Å². The molecule has 0 aromatic rings. The van der Waals surface area contributed by atoms with Gasteiger partial charge in [-0.15, -0.1) is 11.6 Å². The van der Waals surface area contributed by atoms with Crippen molar-refractivity contribution in [3.05, 3.63) is 0 Å². The number of alkyl halides is 1. The molecule has 3 nitrogen and oxygen atoms in total. The van der Waals surface area contributed by atoms with E-state index in [0.717, 1.165) is 25.7 Å². The van der Waals surface area contributed by atoms with Crippen molar-refractivity contribution in [2.45, 2.75) is 32.6 Å². The zero-order valence-electron chi connectivity index (χ0n) is 8.55. The number of hydrogen-bond acceptors (Lipinski definition) is 2. The van der Waals surface area contributed by atoms with Gasteiger partial charge in [-0.1, -0.05) is 13.3 Å². The molecule has 84 valence electrons. The van der Waals surface area contributed by atoms with E-state index in [2.05, 4.69) is 4.72 Å². The maximum Gasteiger partial charge on any atom is 0.211 e. The van der Waals surface area contributed by atoms with E-state index in [0.29, 0.717) is 12.4 Å². The molecule has 5 heteroatoms. The number of unbranched alkanes of at least 4 members (excludes halogenated alkanes) is 1. The predicted octanol–water partition coefficient (Wildman–Crippen LogP) is 1.72. The minimum atomic E-state index is -3.06. The molecule has 0 spiro atoms. The molecule has 1 N–H and O–H groups in total. The summed E-state index contributed by atoms with van der Waals surface area (Å²) < 4.78 is 25.5. The molecule has 1 aliphatic rings. The second-order valence-electron chi connectivity index (χ2n) is 4.13. The summed E-state index contributed by atoms with van der Waals surface area (Å²) >= 11 is 5.75. The maximum absolute atomic E-state index is 11.4. The molecule has 1 saturated carbocycles. The minimum Gasteiger partial charge on any atom is -0.215 e. The van der Waals surface area contributed by atoms with Crippen LogP contribution in [0.2, 0.25) is 0 Å². The summed E-state index contributed by atoms with van der Waals surface area (Å²) in [6.07, 6.45) is 3.73. The fourth-order valence-corrected chi connectivity index (χ4v) is 2.90. The van der Waals surface area contributed by atoms with Gasteiger partial charge in [0.05, 0.1) is 5.75 Å². The van der Waals surface area contributed by atoms with Crippen LogP contribution >= 0.6 is 11.6 Å². The Bertz CT molecular complexity index is 273. The standard InChI is InChI=1S/C9H18ClNO2S/c1-2-3-6-14(12,13)11-8-9(7-10)4-5-9/h11H,2-8H2,1H3. The van der Waals surface area contributed by atoms with Gasteiger partial charge in [0.2, 0.25) is 10.0 Å². The summed E-state index contributed by atoms with van der Waals surface area (Å²) in [5.74, 6) is 0.797. The summed E-state index contributed by atoms with van der Waals surface area (Å²) in [6.45, 7) is 2.50. The van der Waals surface area contributed by atoms with Gasteiger partial charge in [-0.25, -0.2) is 13.1 Å². The van der Waals surface area contributed by atoms with E-state index >= 15 is 0 Å². The number of nitrogens with one attached hydrogen (secondary N) is 1. The average Bonchev–Trinajstić information content (AvgIpc) is 2.93. The topological polar surface area (TPSA) is 46.2 Å². The van der Waals surface area contributed by atoms with Crippen LogP contribution in [0.4, 0.5) is 0 Å². The first-order valence-electron chi connectivity index (χ1n) is 5.07. The number of hydrogen-bond donors (Lipinski definition) is 1. The van der Waals surface area contributed by atoms with Crippen molar-refractivity contribution in [1.82, 2.24) is 4.72 Å². The highest BCUT2D eigenvalue weighted by Crippen LogP contribution is 2.45. The number of halogens is 1. The summed E-state index contributed by atoms with van der Waals surface area (Å²) in [7, 11) is -3.06. The molecule has 0 radical (unpaired) electrons. The molecule has 0 aromatic heterocycles. The van der Waals surface area contributed by atoms with Gasteiger partial charge in [-0.3, -0.25) is 0 Å². The van der Waals surface area contributed by atoms with Crippen LogP contribution in [0.1, 0.15) is 32.6 Å². The molecule has 0 bridgehead atoms. The fourth-order valence-electron chi connectivity index (χ4n) is 1.20. The minimum absolute atomic E-state index is 0.0703. The Morgan fingerprint density at radius 2 is 2.07 bits per heavy atom. The van der Waals surface area contributed by atoms with E-state index in [1.807, 2.05) is 6.92 Å². The molecule has 1 fully saturated rings. The first-order valence-corrected chi connectivity index (χ1v) is 7.26. The summed E-state index contributed by atoms with van der Waals surface area (Å²) in [5.41, 5.74) is 0.0703. The van der Waals surface area contributed by atoms with E-state index in [1.165, 1.54) is 0 Å². The van der Waals surface area contributed by atoms with Crippen molar-refractivity contribution in [3.63, 3.8) is 0 Å². The molecule has 0 unspecified atom stereocenters. The second kappa shape index (κ2) is 4.81. The lowest BCUT2D eigenvalue weighted by Crippen LogP contribution is -2.32. The third-order valence-electron chi connectivity index (χ3n) is 2.67. The summed E-state index contributed by atoms with van der Waals surface area (Å²) in [5, 5.41) is 0. The average molecular weight is 240 g/mol. The summed E-state index contributed by atoms with van der Waals surface area (Å²) in [6, 6.07) is 0. The van der Waals surface area contributed by atoms with Crippen molar-refractivity contribution in [3.8, 4) is 0 Å². The van der Waals surface area contributed by atoms with Crippen molar-refractivity contribution < 1.29 is 8.42 Å². The largest absolute Gasteiger partial charge is 0.215 e. The van der Waals surface area contributed by atoms with E-state index in [4.69, 9.17) is 11.6 Å². The van der Waals surface area contributed by atoms with Gasteiger partial charge in [-0.2, -0.15) is 0 Å². The Hall–Kier alpha value is 0.200. The van der Waals surface area contributed by atoms with Crippen LogP contribution < -0.4 is 4.72 Å². The zero-order valence-corrected chi connectivity index (χ0v) is 10.1. The second-order valence-corrected chi connectivity index (χ2v) is 6.32. The van der Waals surface area contributed by atoms with Crippen LogP contribution in [0.25, 0.3) is 0 Å². The fraction of sp³-hybridized carbons (Fsp3) is 1.00. The zero-order chi connectivity index (χ0) is 10.7. The Kier molecular flexibility index (Phi) is 4.22. The molecular weight excluding hydrogens is 222 g/mol. The van der Waals surface area contributed by atoms with Gasteiger partial charge in [0, 0.05) is 12.4 Å². The van der Waals surface area contributed by atoms with Crippen LogP contribution in [0.15, 0.2) is 0 Å². The highest BCUT2D eigenvalue weighted by Gasteiger charge is 2.42. The van der Waals surface area contributed by atoms with Gasteiger partial charge in [0.25, 0.3) is 0 Å². The van der Waals surface area contributed by atoms with Gasteiger partial charge in [0.15, 0.2) is 0 Å². The van der Waals surface area contributed by atoms with Crippen LogP contribution in [0.5, 0.6) is 0 Å². The van der Waals surface area contributed by atoms with Crippen molar-refractivity contribution >= 4 is 21.6 Å². The predicted molar refractivity (Wildman–Crippen MR) is 59.1 cm³/mol. The molecule has 0 aliphatic heterocycles. The van der Waals surface area contributed by atoms with Gasteiger partial charge in [-0.05, 0) is 24.7 Å². The molecule has 1 aliphatic carbocycles. The molecule has 0 saturated heterocycles. The van der Waals surface area contributed by atoms with Gasteiger partial charge in [0.1, 0.15) is 0 Å². The Morgan fingerprint density at radius 3 is 2.50 bits per heavy atom. The van der Waals surface area contributed by atoms with Gasteiger partial charge < -0.3 is 0 Å². The molecule has 1 rings (SSSR count). The lowest BCUT2D eigenvalue weighted by molar-refractivity contribution is 0.533. The number of sulfonamides is 1. The van der Waals surface area contributed by atoms with Crippen molar-refractivity contribution in [2.24, 2.45) is 5.41 Å². The van der Waals surface area contributed by atoms with E-state index in [1.54, 1.807) is 0 Å². The third kappa shape index (κ3) is 3.75. The number of rotatable bonds is 7. The molecule has 0 amide bonds. The molecular formula is C9H18ClNO2S. The lowest BCUT2D eigenvalue weighted by atomic mass is 10.1. The Labute approximate surface area is 91.3 Å². The van der Waals surface area contributed by atoms with E-state index < -0.39 is 10.0 Å². The SMILES string of the molecule is CCCCS(=O)(=O)NCC1(CCl)CC1. The molecule has 0 atom stereocenters. The van der Waals surface area contributed by atoms with Gasteiger partial charge >= 0.3 is 0 Å². The summed E-state index contributed by atoms with van der Waals surface area (Å²) in [4.78, 5) is 0. The van der Waals surface area contributed by atoms with Crippen molar-refractivity contribution in [1.29, 1.82) is 0 Å². The van der Waals surface area contributed by atoms with Crippen molar-refractivity contribution in [2.75, 3.05) is 18.2 Å². The smallest absolute Gasteiger partial charge is 0.211 e. The van der Waals surface area contributed by atoms with Crippen LogP contribution in [0, 0.1) is 5.41 Å². The van der Waals surface area contributed by atoms with E-state index in [-0.39, 0.29) is 11.2 Å². The molecule has 0 aromatic carbocycles. The highest BCUT2D eigenvalue weighted by molar-refractivity contribution is 7.89. The van der Waals surface area contributed by atoms with Crippen LogP contribution in [0.3, 0.4) is 0 Å². The van der Waals surface area contributed by atoms with Crippen LogP contribution in [-0.4, -0.2) is 26.6 Å². The Morgan fingerprint density at radius 1 is 1.43 bits per heavy atom. The first kappa shape index (κ1) is 12.3. The quantitative estimate of drug-likeness (QED) is 0.688. The monoisotopic (exact) mass is 239 g/mol. The lowest BCUT2D eigenvalue weighted by Gasteiger charge is -2.12.